The molecule has 3 aromatic carbocycles. The molecule has 1 saturated carbocycles. The van der Waals surface area contributed by atoms with E-state index in [1.54, 1.807) is 24.3 Å². The van der Waals surface area contributed by atoms with Gasteiger partial charge in [-0.25, -0.2) is 8.42 Å². The van der Waals surface area contributed by atoms with Gasteiger partial charge in [-0.15, -0.1) is 0 Å². The molecule has 5 rings (SSSR count). The zero-order valence-electron chi connectivity index (χ0n) is 24.9. The highest BCUT2D eigenvalue weighted by Gasteiger charge is 2.38. The lowest BCUT2D eigenvalue weighted by Gasteiger charge is -2.35. The number of sulfonamides is 1. The number of fused-ring (bicyclic) bond motifs is 1. The molecule has 4 aromatic rings. The van der Waals surface area contributed by atoms with E-state index in [4.69, 9.17) is 0 Å². The number of Topliss-reactive ketones (excluding diaryl/α,β-unsaturated/α-hetero) is 1. The lowest BCUT2D eigenvalue weighted by molar-refractivity contribution is -0.119. The van der Waals surface area contributed by atoms with Crippen molar-refractivity contribution in [1.29, 1.82) is 0 Å². The Balaban J connectivity index is 1.50. The predicted molar refractivity (Wildman–Crippen MR) is 168 cm³/mol. The minimum absolute atomic E-state index is 0.0582. The fourth-order valence-corrected chi connectivity index (χ4v) is 6.82. The van der Waals surface area contributed by atoms with E-state index in [1.807, 2.05) is 49.4 Å². The molecule has 1 aliphatic carbocycles. The first-order valence-corrected chi connectivity index (χ1v) is 16.0. The Bertz CT molecular complexity index is 1750. The van der Waals surface area contributed by atoms with Crippen molar-refractivity contribution in [1.82, 2.24) is 10.3 Å². The summed E-state index contributed by atoms with van der Waals surface area (Å²) in [5.74, 6) is 0.0864. The quantitative estimate of drug-likeness (QED) is 0.184. The van der Waals surface area contributed by atoms with Crippen molar-refractivity contribution in [2.75, 3.05) is 11.3 Å². The van der Waals surface area contributed by atoms with E-state index in [-0.39, 0.29) is 33.8 Å². The topological polar surface area (TPSA) is 108 Å². The summed E-state index contributed by atoms with van der Waals surface area (Å²) in [6.07, 6.45) is 2.53. The molecule has 0 radical (unpaired) electrons. The van der Waals surface area contributed by atoms with E-state index < -0.39 is 10.0 Å². The van der Waals surface area contributed by atoms with Crippen molar-refractivity contribution < 1.29 is 18.0 Å². The lowest BCUT2D eigenvalue weighted by Crippen LogP contribution is -2.36. The highest BCUT2D eigenvalue weighted by atomic mass is 32.2. The first-order valence-electron chi connectivity index (χ1n) is 14.5. The van der Waals surface area contributed by atoms with Crippen molar-refractivity contribution >= 4 is 38.3 Å². The van der Waals surface area contributed by atoms with Crippen LogP contribution >= 0.6 is 0 Å². The number of carbonyl (C=O) groups is 2. The first-order chi connectivity index (χ1) is 19.8. The van der Waals surface area contributed by atoms with E-state index in [0.717, 1.165) is 52.4 Å². The van der Waals surface area contributed by atoms with Gasteiger partial charge in [0.15, 0.2) is 5.78 Å². The molecule has 8 heteroatoms. The molecule has 1 heterocycles. The van der Waals surface area contributed by atoms with Gasteiger partial charge in [0, 0.05) is 41.5 Å². The summed E-state index contributed by atoms with van der Waals surface area (Å²) in [7, 11) is -3.83. The van der Waals surface area contributed by atoms with Gasteiger partial charge >= 0.3 is 0 Å². The Kier molecular flexibility index (Phi) is 8.03. The van der Waals surface area contributed by atoms with Crippen LogP contribution in [0.5, 0.6) is 0 Å². The summed E-state index contributed by atoms with van der Waals surface area (Å²) in [6.45, 7) is 10.3. The van der Waals surface area contributed by atoms with Crippen LogP contribution < -0.4 is 10.0 Å². The van der Waals surface area contributed by atoms with Gasteiger partial charge in [-0.3, -0.25) is 14.3 Å². The predicted octanol–water partition coefficient (Wildman–Crippen LogP) is 6.98. The summed E-state index contributed by atoms with van der Waals surface area (Å²) in [4.78, 5) is 28.8. The number of aromatic nitrogens is 1. The third kappa shape index (κ3) is 6.14. The molecule has 3 N–H and O–H groups in total. The van der Waals surface area contributed by atoms with Crippen molar-refractivity contribution in [2.45, 2.75) is 64.2 Å². The molecule has 1 unspecified atom stereocenters. The zero-order valence-corrected chi connectivity index (χ0v) is 25.7. The molecule has 1 amide bonds. The molecule has 0 spiro atoms. The maximum atomic E-state index is 13.9. The number of aromatic amines is 1. The highest BCUT2D eigenvalue weighted by Crippen LogP contribution is 2.42. The molecular formula is C34H39N3O4S. The van der Waals surface area contributed by atoms with Crippen LogP contribution in [0.25, 0.3) is 22.0 Å². The number of amides is 1. The van der Waals surface area contributed by atoms with E-state index in [0.29, 0.717) is 17.9 Å². The molecule has 2 atom stereocenters. The molecular weight excluding hydrogens is 546 g/mol. The third-order valence-electron chi connectivity index (χ3n) is 8.28. The summed E-state index contributed by atoms with van der Waals surface area (Å²) in [5, 5.41) is 3.62. The monoisotopic (exact) mass is 585 g/mol. The van der Waals surface area contributed by atoms with Crippen LogP contribution in [0.4, 0.5) is 5.69 Å². The van der Waals surface area contributed by atoms with Crippen LogP contribution in [0, 0.1) is 18.8 Å². The number of aryl methyl sites for hydroxylation is 1. The number of H-pyrrole nitrogens is 1. The van der Waals surface area contributed by atoms with Crippen molar-refractivity contribution in [2.24, 2.45) is 11.8 Å². The fraction of sp³-hybridized carbons (Fsp3) is 0.353. The second kappa shape index (κ2) is 11.4. The van der Waals surface area contributed by atoms with Gasteiger partial charge in [0.25, 0.3) is 10.0 Å². The maximum Gasteiger partial charge on any atom is 0.261 e. The number of ketones is 1. The van der Waals surface area contributed by atoms with Gasteiger partial charge in [0.1, 0.15) is 0 Å². The Labute approximate surface area is 248 Å². The number of anilines is 1. The van der Waals surface area contributed by atoms with Gasteiger partial charge in [0.2, 0.25) is 5.91 Å². The summed E-state index contributed by atoms with van der Waals surface area (Å²) in [6, 6.07) is 20.3. The van der Waals surface area contributed by atoms with Crippen LogP contribution in [-0.2, 0) is 20.2 Å². The van der Waals surface area contributed by atoms with Gasteiger partial charge in [-0.2, -0.15) is 0 Å². The highest BCUT2D eigenvalue weighted by molar-refractivity contribution is 7.92. The summed E-state index contributed by atoms with van der Waals surface area (Å²) >= 11 is 0. The Morgan fingerprint density at radius 1 is 0.976 bits per heavy atom. The molecule has 1 fully saturated rings. The smallest absolute Gasteiger partial charge is 0.261 e. The van der Waals surface area contributed by atoms with Gasteiger partial charge < -0.3 is 10.3 Å². The van der Waals surface area contributed by atoms with Gasteiger partial charge in [0.05, 0.1) is 10.6 Å². The maximum absolute atomic E-state index is 13.9. The van der Waals surface area contributed by atoms with Crippen LogP contribution in [0.3, 0.4) is 0 Å². The average molecular weight is 586 g/mol. The molecule has 0 bridgehead atoms. The number of benzene rings is 3. The largest absolute Gasteiger partial charge is 0.356 e. The first kappa shape index (κ1) is 29.6. The van der Waals surface area contributed by atoms with Crippen LogP contribution in [0.15, 0.2) is 71.6 Å². The molecule has 0 aliphatic heterocycles. The van der Waals surface area contributed by atoms with Crippen LogP contribution in [0.1, 0.15) is 68.6 Å². The minimum atomic E-state index is -3.83. The fourth-order valence-electron chi connectivity index (χ4n) is 5.77. The van der Waals surface area contributed by atoms with E-state index >= 15 is 0 Å². The normalized spacial score (nSPS) is 17.1. The Morgan fingerprint density at radius 2 is 1.71 bits per heavy atom. The number of rotatable bonds is 9. The second-order valence-electron chi connectivity index (χ2n) is 12.5. The number of hydrogen-bond acceptors (Lipinski definition) is 4. The van der Waals surface area contributed by atoms with Crippen molar-refractivity contribution in [3.63, 3.8) is 0 Å². The molecule has 0 saturated heterocycles. The van der Waals surface area contributed by atoms with E-state index in [1.165, 1.54) is 6.92 Å². The molecule has 1 aliphatic rings. The van der Waals surface area contributed by atoms with Crippen LogP contribution in [-0.4, -0.2) is 31.6 Å². The number of nitrogens with one attached hydrogen (secondary N) is 3. The Hall–Kier alpha value is -3.91. The second-order valence-corrected chi connectivity index (χ2v) is 14.1. The SMILES string of the molecule is CC(=O)NCCC1CC[C@@H]1C(=O)c1[nH]c2ccc(NS(=O)(=O)c3ccc(C(C)(C)C)cc3)cc2c1-c1cccc(C)c1. The zero-order chi connectivity index (χ0) is 30.2. The van der Waals surface area contributed by atoms with Crippen molar-refractivity contribution in [3.05, 3.63) is 83.6 Å². The Morgan fingerprint density at radius 3 is 2.33 bits per heavy atom. The van der Waals surface area contributed by atoms with E-state index in [9.17, 15) is 18.0 Å². The average Bonchev–Trinajstić information content (AvgIpc) is 3.28. The molecule has 7 nitrogen and oxygen atoms in total. The van der Waals surface area contributed by atoms with Gasteiger partial charge in [-0.1, -0.05) is 62.7 Å². The standard InChI is InChI=1S/C34H39N3O4S/c1-21-7-6-8-24(19-21)31-29-20-26(37-42(40,41)27-13-10-25(11-14-27)34(3,4)5)12-16-30(29)36-32(31)33(39)28-15-9-23(28)17-18-35-22(2)38/h6-8,10-14,16,19-20,23,28,36-37H,9,15,17-18H2,1-5H3,(H,35,38)/t23?,28-/m0/s1. The minimum Gasteiger partial charge on any atom is -0.356 e. The molecule has 42 heavy (non-hydrogen) atoms. The van der Waals surface area contributed by atoms with Crippen LogP contribution in [0.2, 0.25) is 0 Å². The molecule has 220 valence electrons. The molecule has 1 aromatic heterocycles. The number of carbonyl (C=O) groups excluding carboxylic acids is 2. The summed E-state index contributed by atoms with van der Waals surface area (Å²) < 4.78 is 29.4. The van der Waals surface area contributed by atoms with E-state index in [2.05, 4.69) is 35.8 Å². The van der Waals surface area contributed by atoms with Crippen molar-refractivity contribution in [3.8, 4) is 11.1 Å². The third-order valence-corrected chi connectivity index (χ3v) is 9.68. The lowest BCUT2D eigenvalue weighted by atomic mass is 9.69. The van der Waals surface area contributed by atoms with Gasteiger partial charge in [-0.05, 0) is 79.0 Å². The number of hydrogen-bond donors (Lipinski definition) is 3. The summed E-state index contributed by atoms with van der Waals surface area (Å²) in [5.41, 5.74) is 5.45.